The van der Waals surface area contributed by atoms with Crippen LogP contribution in [0.15, 0.2) is 5.38 Å². The lowest BCUT2D eigenvalue weighted by molar-refractivity contribution is -0.117. The van der Waals surface area contributed by atoms with E-state index in [1.54, 1.807) is 0 Å². The van der Waals surface area contributed by atoms with Crippen molar-refractivity contribution in [3.05, 3.63) is 11.1 Å². The van der Waals surface area contributed by atoms with Crippen LogP contribution in [0.5, 0.6) is 0 Å². The number of carbonyl (C=O) groups excluding carboxylic acids is 1. The number of nitrogens with one attached hydrogen (secondary N) is 2. The summed E-state index contributed by atoms with van der Waals surface area (Å²) in [6.45, 7) is 8.42. The summed E-state index contributed by atoms with van der Waals surface area (Å²) in [4.78, 5) is 16.5. The molecule has 1 aliphatic rings. The van der Waals surface area contributed by atoms with Gasteiger partial charge in [-0.05, 0) is 31.8 Å². The molecule has 1 aromatic rings. The molecule has 1 fully saturated rings. The van der Waals surface area contributed by atoms with Crippen LogP contribution in [-0.4, -0.2) is 24.0 Å². The van der Waals surface area contributed by atoms with Crippen LogP contribution >= 0.6 is 11.3 Å². The van der Waals surface area contributed by atoms with Gasteiger partial charge in [-0.25, -0.2) is 4.98 Å². The molecule has 1 aromatic heterocycles. The highest BCUT2D eigenvalue weighted by Gasteiger charge is 2.20. The van der Waals surface area contributed by atoms with E-state index in [9.17, 15) is 4.79 Å². The average Bonchev–Trinajstić information content (AvgIpc) is 2.78. The zero-order valence-electron chi connectivity index (χ0n) is 12.0. The lowest BCUT2D eigenvalue weighted by Crippen LogP contribution is -2.32. The van der Waals surface area contributed by atoms with Crippen molar-refractivity contribution in [3.8, 4) is 0 Å². The van der Waals surface area contributed by atoms with E-state index in [4.69, 9.17) is 0 Å². The number of carbonyl (C=O) groups is 1. The van der Waals surface area contributed by atoms with E-state index in [2.05, 4.69) is 36.4 Å². The van der Waals surface area contributed by atoms with Crippen LogP contribution in [0, 0.1) is 5.92 Å². The SMILES string of the molecule is CC(C)(C)c1csc(NC(=O)CC2CCCNC2)n1. The molecule has 0 spiro atoms. The van der Waals surface area contributed by atoms with Crippen molar-refractivity contribution in [2.24, 2.45) is 5.92 Å². The Labute approximate surface area is 119 Å². The van der Waals surface area contributed by atoms with Gasteiger partial charge in [0.2, 0.25) is 5.91 Å². The maximum atomic E-state index is 12.0. The summed E-state index contributed by atoms with van der Waals surface area (Å²) < 4.78 is 0. The molecule has 5 heteroatoms. The largest absolute Gasteiger partial charge is 0.316 e. The van der Waals surface area contributed by atoms with Crippen molar-refractivity contribution in [1.82, 2.24) is 10.3 Å². The Morgan fingerprint density at radius 2 is 2.37 bits per heavy atom. The van der Waals surface area contributed by atoms with Crippen LogP contribution in [0.1, 0.15) is 45.7 Å². The molecular weight excluding hydrogens is 258 g/mol. The summed E-state index contributed by atoms with van der Waals surface area (Å²) in [6.07, 6.45) is 2.91. The van der Waals surface area contributed by atoms with Gasteiger partial charge < -0.3 is 10.6 Å². The molecule has 2 N–H and O–H groups in total. The van der Waals surface area contributed by atoms with Crippen LogP contribution in [0.4, 0.5) is 5.13 Å². The van der Waals surface area contributed by atoms with Gasteiger partial charge in [0.25, 0.3) is 0 Å². The molecule has 0 bridgehead atoms. The minimum absolute atomic E-state index is 0.0345. The second kappa shape index (κ2) is 6.01. The fraction of sp³-hybridized carbons (Fsp3) is 0.714. The zero-order chi connectivity index (χ0) is 13.9. The number of anilines is 1. The first-order chi connectivity index (χ1) is 8.95. The lowest BCUT2D eigenvalue weighted by atomic mass is 9.93. The summed E-state index contributed by atoms with van der Waals surface area (Å²) in [7, 11) is 0. The van der Waals surface area contributed by atoms with Gasteiger partial charge in [0.15, 0.2) is 5.13 Å². The van der Waals surface area contributed by atoms with E-state index >= 15 is 0 Å². The van der Waals surface area contributed by atoms with Gasteiger partial charge >= 0.3 is 0 Å². The molecule has 1 saturated heterocycles. The van der Waals surface area contributed by atoms with E-state index in [0.29, 0.717) is 12.3 Å². The van der Waals surface area contributed by atoms with Crippen molar-refractivity contribution in [3.63, 3.8) is 0 Å². The Balaban J connectivity index is 1.86. The van der Waals surface area contributed by atoms with Crippen molar-refractivity contribution >= 4 is 22.4 Å². The van der Waals surface area contributed by atoms with Gasteiger partial charge in [0.1, 0.15) is 0 Å². The Hall–Kier alpha value is -0.940. The number of nitrogens with zero attached hydrogens (tertiary/aromatic N) is 1. The Kier molecular flexibility index (Phi) is 4.58. The number of amides is 1. The van der Waals surface area contributed by atoms with Gasteiger partial charge in [-0.1, -0.05) is 20.8 Å². The van der Waals surface area contributed by atoms with E-state index < -0.39 is 0 Å². The Morgan fingerprint density at radius 1 is 1.58 bits per heavy atom. The minimum Gasteiger partial charge on any atom is -0.316 e. The highest BCUT2D eigenvalue weighted by Crippen LogP contribution is 2.26. The number of rotatable bonds is 3. The first kappa shape index (κ1) is 14.5. The molecule has 1 aliphatic heterocycles. The molecule has 4 nitrogen and oxygen atoms in total. The van der Waals surface area contributed by atoms with Crippen LogP contribution in [0.25, 0.3) is 0 Å². The number of piperidine rings is 1. The summed E-state index contributed by atoms with van der Waals surface area (Å²) in [5, 5.41) is 9.00. The number of aromatic nitrogens is 1. The first-order valence-electron chi connectivity index (χ1n) is 6.92. The molecule has 0 aromatic carbocycles. The fourth-order valence-corrected chi connectivity index (χ4v) is 3.16. The van der Waals surface area contributed by atoms with E-state index in [0.717, 1.165) is 30.3 Å². The van der Waals surface area contributed by atoms with Crippen molar-refractivity contribution in [2.75, 3.05) is 18.4 Å². The number of hydrogen-bond donors (Lipinski definition) is 2. The normalized spacial score (nSPS) is 20.3. The monoisotopic (exact) mass is 281 g/mol. The second-order valence-electron chi connectivity index (χ2n) is 6.25. The van der Waals surface area contributed by atoms with Gasteiger partial charge in [0.05, 0.1) is 5.69 Å². The van der Waals surface area contributed by atoms with E-state index in [1.807, 2.05) is 5.38 Å². The standard InChI is InChI=1S/C14H23N3OS/c1-14(2,3)11-9-19-13(16-11)17-12(18)7-10-5-4-6-15-8-10/h9-10,15H,4-8H2,1-3H3,(H,16,17,18). The predicted molar refractivity (Wildman–Crippen MR) is 79.7 cm³/mol. The second-order valence-corrected chi connectivity index (χ2v) is 7.11. The third-order valence-electron chi connectivity index (χ3n) is 3.39. The van der Waals surface area contributed by atoms with E-state index in [1.165, 1.54) is 17.8 Å². The van der Waals surface area contributed by atoms with Crippen molar-refractivity contribution in [1.29, 1.82) is 0 Å². The van der Waals surface area contributed by atoms with Crippen LogP contribution < -0.4 is 10.6 Å². The highest BCUT2D eigenvalue weighted by atomic mass is 32.1. The van der Waals surface area contributed by atoms with Gasteiger partial charge in [-0.15, -0.1) is 11.3 Å². The summed E-state index contributed by atoms with van der Waals surface area (Å²) in [5.74, 6) is 0.555. The molecule has 0 aliphatic carbocycles. The summed E-state index contributed by atoms with van der Waals surface area (Å²) in [5.41, 5.74) is 1.07. The topological polar surface area (TPSA) is 54.0 Å². The van der Waals surface area contributed by atoms with Crippen molar-refractivity contribution in [2.45, 2.75) is 45.4 Å². The number of hydrogen-bond acceptors (Lipinski definition) is 4. The quantitative estimate of drug-likeness (QED) is 0.895. The molecule has 0 radical (unpaired) electrons. The first-order valence-corrected chi connectivity index (χ1v) is 7.79. The molecule has 1 amide bonds. The molecule has 1 atom stereocenters. The van der Waals surface area contributed by atoms with Crippen LogP contribution in [-0.2, 0) is 10.2 Å². The smallest absolute Gasteiger partial charge is 0.226 e. The zero-order valence-corrected chi connectivity index (χ0v) is 12.8. The minimum atomic E-state index is 0.0345. The summed E-state index contributed by atoms with van der Waals surface area (Å²) >= 11 is 1.51. The fourth-order valence-electron chi connectivity index (χ4n) is 2.21. The molecule has 0 saturated carbocycles. The molecule has 19 heavy (non-hydrogen) atoms. The van der Waals surface area contributed by atoms with Gasteiger partial charge in [0, 0.05) is 17.2 Å². The molecule has 1 unspecified atom stereocenters. The lowest BCUT2D eigenvalue weighted by Gasteiger charge is -2.21. The Morgan fingerprint density at radius 3 is 2.95 bits per heavy atom. The Bertz CT molecular complexity index is 430. The van der Waals surface area contributed by atoms with Gasteiger partial charge in [-0.2, -0.15) is 0 Å². The molecule has 2 heterocycles. The van der Waals surface area contributed by atoms with Crippen molar-refractivity contribution < 1.29 is 4.79 Å². The molecule has 2 rings (SSSR count). The summed E-state index contributed by atoms with van der Waals surface area (Å²) in [6, 6.07) is 0. The van der Waals surface area contributed by atoms with Crippen LogP contribution in [0.2, 0.25) is 0 Å². The molecule has 106 valence electrons. The molecular formula is C14H23N3OS. The van der Waals surface area contributed by atoms with Gasteiger partial charge in [-0.3, -0.25) is 4.79 Å². The highest BCUT2D eigenvalue weighted by molar-refractivity contribution is 7.13. The number of thiazole rings is 1. The third-order valence-corrected chi connectivity index (χ3v) is 4.15. The maximum Gasteiger partial charge on any atom is 0.226 e. The average molecular weight is 281 g/mol. The third kappa shape index (κ3) is 4.28. The predicted octanol–water partition coefficient (Wildman–Crippen LogP) is 2.77. The van der Waals surface area contributed by atoms with E-state index in [-0.39, 0.29) is 11.3 Å². The van der Waals surface area contributed by atoms with Crippen LogP contribution in [0.3, 0.4) is 0 Å². The maximum absolute atomic E-state index is 12.0.